The van der Waals surface area contributed by atoms with Crippen molar-refractivity contribution < 1.29 is 9.90 Å². The summed E-state index contributed by atoms with van der Waals surface area (Å²) in [5, 5.41) is 9.92. The topological polar surface area (TPSA) is 37.3 Å². The fraction of sp³-hybridized carbons (Fsp3) is 0.545. The maximum atomic E-state index is 11.4. The Morgan fingerprint density at radius 1 is 1.29 bits per heavy atom. The van der Waals surface area contributed by atoms with Gasteiger partial charge in [0.15, 0.2) is 0 Å². The Bertz CT molecular complexity index is 376. The second kappa shape index (κ2) is 3.08. The van der Waals surface area contributed by atoms with Crippen LogP contribution in [0, 0.1) is 11.5 Å². The molecule has 0 heterocycles. The van der Waals surface area contributed by atoms with Crippen molar-refractivity contribution in [2.45, 2.75) is 39.1 Å². The van der Waals surface area contributed by atoms with Crippen LogP contribution in [0.2, 0.25) is 19.6 Å². The molecule has 0 aliphatic heterocycles. The second-order valence-electron chi connectivity index (χ2n) is 4.79. The number of hydrogen-bond acceptors (Lipinski definition) is 2. The number of Topliss-reactive ketones (excluding diaryl/α,β-unsaturated/α-hetero) is 1. The molecule has 0 radical (unpaired) electrons. The SMILES string of the molecule is CC1=C(C)C(O)(C#C[Si](C)(C)C)C1=O. The standard InChI is InChI=1S/C11H16O2Si/c1-8-9(2)11(13,10(8)12)6-7-14(3,4)5/h13H,1-5H3. The van der Waals surface area contributed by atoms with E-state index in [1.54, 1.807) is 13.8 Å². The maximum Gasteiger partial charge on any atom is 0.210 e. The van der Waals surface area contributed by atoms with Crippen LogP contribution in [0.5, 0.6) is 0 Å². The quantitative estimate of drug-likeness (QED) is 0.484. The zero-order valence-electron chi connectivity index (χ0n) is 9.36. The van der Waals surface area contributed by atoms with E-state index in [9.17, 15) is 9.90 Å². The Morgan fingerprint density at radius 3 is 2.14 bits per heavy atom. The lowest BCUT2D eigenvalue weighted by atomic mass is 9.74. The molecule has 1 aliphatic carbocycles. The smallest absolute Gasteiger partial charge is 0.210 e. The Labute approximate surface area is 86.0 Å². The van der Waals surface area contributed by atoms with Crippen LogP contribution in [0.1, 0.15) is 13.8 Å². The summed E-state index contributed by atoms with van der Waals surface area (Å²) in [6.07, 6.45) is 0. The van der Waals surface area contributed by atoms with Crippen molar-refractivity contribution >= 4 is 13.9 Å². The number of rotatable bonds is 0. The normalized spacial score (nSPS) is 26.9. The summed E-state index contributed by atoms with van der Waals surface area (Å²) < 4.78 is 0. The van der Waals surface area contributed by atoms with Crippen molar-refractivity contribution in [3.8, 4) is 11.5 Å². The number of hydrogen-bond donors (Lipinski definition) is 1. The van der Waals surface area contributed by atoms with Gasteiger partial charge >= 0.3 is 0 Å². The molecule has 1 atom stereocenters. The van der Waals surface area contributed by atoms with E-state index >= 15 is 0 Å². The first-order valence-corrected chi connectivity index (χ1v) is 8.18. The molecule has 14 heavy (non-hydrogen) atoms. The van der Waals surface area contributed by atoms with Gasteiger partial charge in [-0.2, -0.15) is 0 Å². The minimum Gasteiger partial charge on any atom is -0.367 e. The first kappa shape index (κ1) is 11.2. The fourth-order valence-corrected chi connectivity index (χ4v) is 1.81. The van der Waals surface area contributed by atoms with Crippen LogP contribution in [-0.4, -0.2) is 24.6 Å². The van der Waals surface area contributed by atoms with Gasteiger partial charge in [-0.05, 0) is 25.0 Å². The third kappa shape index (κ3) is 1.68. The third-order valence-electron chi connectivity index (χ3n) is 2.39. The van der Waals surface area contributed by atoms with E-state index in [4.69, 9.17) is 0 Å². The first-order valence-electron chi connectivity index (χ1n) is 4.68. The predicted octanol–water partition coefficient (Wildman–Crippen LogP) is 1.52. The lowest BCUT2D eigenvalue weighted by Gasteiger charge is -2.33. The van der Waals surface area contributed by atoms with E-state index in [0.29, 0.717) is 11.1 Å². The molecule has 1 N–H and O–H groups in total. The lowest BCUT2D eigenvalue weighted by molar-refractivity contribution is -0.129. The molecule has 1 unspecified atom stereocenters. The minimum atomic E-state index is -1.53. The van der Waals surface area contributed by atoms with E-state index in [0.717, 1.165) is 0 Å². The molecule has 2 nitrogen and oxygen atoms in total. The fourth-order valence-electron chi connectivity index (χ4n) is 1.25. The molecule has 0 saturated heterocycles. The van der Waals surface area contributed by atoms with Gasteiger partial charge in [-0.15, -0.1) is 5.54 Å². The maximum absolute atomic E-state index is 11.4. The zero-order valence-corrected chi connectivity index (χ0v) is 10.4. The molecule has 76 valence electrons. The number of aliphatic hydroxyl groups is 1. The lowest BCUT2D eigenvalue weighted by Crippen LogP contribution is -2.48. The highest BCUT2D eigenvalue weighted by Gasteiger charge is 2.47. The largest absolute Gasteiger partial charge is 0.367 e. The molecule has 0 aromatic rings. The average Bonchev–Trinajstić information content (AvgIpc) is 2.10. The summed E-state index contributed by atoms with van der Waals surface area (Å²) in [7, 11) is -1.53. The number of carbonyl (C=O) groups is 1. The van der Waals surface area contributed by atoms with Crippen molar-refractivity contribution in [2.24, 2.45) is 0 Å². The Balaban J connectivity index is 3.02. The zero-order chi connectivity index (χ0) is 11.1. The molecule has 0 fully saturated rings. The highest BCUT2D eigenvalue weighted by molar-refractivity contribution is 6.83. The van der Waals surface area contributed by atoms with Crippen LogP contribution in [-0.2, 0) is 4.79 Å². The van der Waals surface area contributed by atoms with Crippen molar-refractivity contribution in [1.82, 2.24) is 0 Å². The Morgan fingerprint density at radius 2 is 1.79 bits per heavy atom. The molecule has 0 bridgehead atoms. The molecule has 1 aliphatic rings. The van der Waals surface area contributed by atoms with E-state index in [-0.39, 0.29) is 5.78 Å². The van der Waals surface area contributed by atoms with Crippen LogP contribution in [0.25, 0.3) is 0 Å². The van der Waals surface area contributed by atoms with Gasteiger partial charge in [-0.25, -0.2) is 0 Å². The van der Waals surface area contributed by atoms with Crippen molar-refractivity contribution in [3.63, 3.8) is 0 Å². The monoisotopic (exact) mass is 208 g/mol. The van der Waals surface area contributed by atoms with Crippen molar-refractivity contribution in [2.75, 3.05) is 0 Å². The number of carbonyl (C=O) groups excluding carboxylic acids is 1. The van der Waals surface area contributed by atoms with Crippen molar-refractivity contribution in [3.05, 3.63) is 11.1 Å². The van der Waals surface area contributed by atoms with Gasteiger partial charge in [0.05, 0.1) is 0 Å². The van der Waals surface area contributed by atoms with E-state index in [1.165, 1.54) is 0 Å². The van der Waals surface area contributed by atoms with Crippen LogP contribution < -0.4 is 0 Å². The first-order chi connectivity index (χ1) is 6.18. The van der Waals surface area contributed by atoms with Gasteiger partial charge in [-0.1, -0.05) is 25.6 Å². The summed E-state index contributed by atoms with van der Waals surface area (Å²) in [6.45, 7) is 9.73. The van der Waals surface area contributed by atoms with Gasteiger partial charge in [0.1, 0.15) is 8.07 Å². The molecule has 0 amide bonds. The molecule has 0 spiro atoms. The molecular weight excluding hydrogens is 192 g/mol. The van der Waals surface area contributed by atoms with E-state index in [1.807, 2.05) is 0 Å². The third-order valence-corrected chi connectivity index (χ3v) is 3.27. The summed E-state index contributed by atoms with van der Waals surface area (Å²) >= 11 is 0. The molecule has 0 aromatic carbocycles. The van der Waals surface area contributed by atoms with Gasteiger partial charge in [0.2, 0.25) is 11.4 Å². The Hall–Kier alpha value is -0.853. The molecular formula is C11H16O2Si. The van der Waals surface area contributed by atoms with Crippen LogP contribution in [0.4, 0.5) is 0 Å². The summed E-state index contributed by atoms with van der Waals surface area (Å²) in [6, 6.07) is 0. The minimum absolute atomic E-state index is 0.235. The Kier molecular flexibility index (Phi) is 2.47. The summed E-state index contributed by atoms with van der Waals surface area (Å²) in [5.41, 5.74) is 2.91. The van der Waals surface area contributed by atoms with E-state index in [2.05, 4.69) is 31.1 Å². The summed E-state index contributed by atoms with van der Waals surface area (Å²) in [5.74, 6) is 2.49. The van der Waals surface area contributed by atoms with Gasteiger partial charge in [0.25, 0.3) is 0 Å². The molecule has 3 heteroatoms. The highest BCUT2D eigenvalue weighted by atomic mass is 28.3. The van der Waals surface area contributed by atoms with Crippen LogP contribution >= 0.6 is 0 Å². The molecule has 1 rings (SSSR count). The van der Waals surface area contributed by atoms with Crippen LogP contribution in [0.3, 0.4) is 0 Å². The van der Waals surface area contributed by atoms with Crippen molar-refractivity contribution in [1.29, 1.82) is 0 Å². The second-order valence-corrected chi connectivity index (χ2v) is 9.54. The molecule has 0 saturated carbocycles. The average molecular weight is 208 g/mol. The van der Waals surface area contributed by atoms with Crippen LogP contribution in [0.15, 0.2) is 11.1 Å². The predicted molar refractivity (Wildman–Crippen MR) is 59.5 cm³/mol. The van der Waals surface area contributed by atoms with Gasteiger partial charge in [0, 0.05) is 0 Å². The number of ketones is 1. The van der Waals surface area contributed by atoms with E-state index < -0.39 is 13.7 Å². The molecule has 0 aromatic heterocycles. The van der Waals surface area contributed by atoms with Gasteiger partial charge < -0.3 is 5.11 Å². The highest BCUT2D eigenvalue weighted by Crippen LogP contribution is 2.33. The van der Waals surface area contributed by atoms with Gasteiger partial charge in [-0.3, -0.25) is 4.79 Å². The summed E-state index contributed by atoms with van der Waals surface area (Å²) in [4.78, 5) is 11.4.